The van der Waals surface area contributed by atoms with E-state index < -0.39 is 5.41 Å². The molecular formula is C15H15NO4. The molecule has 5 nitrogen and oxygen atoms in total. The van der Waals surface area contributed by atoms with Gasteiger partial charge in [-0.05, 0) is 26.0 Å². The number of rotatable bonds is 4. The molecule has 0 spiro atoms. The van der Waals surface area contributed by atoms with Crippen molar-refractivity contribution >= 4 is 16.9 Å². The van der Waals surface area contributed by atoms with Crippen molar-refractivity contribution in [2.75, 3.05) is 13.7 Å². The average molecular weight is 273 g/mol. The lowest BCUT2D eigenvalue weighted by atomic mass is 9.95. The highest BCUT2D eigenvalue weighted by atomic mass is 16.5. The molecule has 104 valence electrons. The second kappa shape index (κ2) is 5.25. The molecule has 0 aliphatic carbocycles. The van der Waals surface area contributed by atoms with Gasteiger partial charge in [0.25, 0.3) is 0 Å². The van der Waals surface area contributed by atoms with Crippen LogP contribution in [0.2, 0.25) is 0 Å². The number of carbonyl (C=O) groups excluding carboxylic acids is 1. The van der Waals surface area contributed by atoms with Crippen molar-refractivity contribution in [2.24, 2.45) is 5.41 Å². The molecule has 0 amide bonds. The van der Waals surface area contributed by atoms with Crippen LogP contribution < -0.4 is 4.74 Å². The van der Waals surface area contributed by atoms with E-state index in [-0.39, 0.29) is 18.3 Å². The highest BCUT2D eigenvalue weighted by molar-refractivity contribution is 5.86. The highest BCUT2D eigenvalue weighted by Crippen LogP contribution is 2.33. The standard InChI is InChI=1S/C15H15NO4/c1-15(2,14(17)18-3)9-19-13-10-6-4-5-7-11(10)20-12(13)8-16/h4-7H,9H2,1-3H3. The molecule has 0 atom stereocenters. The van der Waals surface area contributed by atoms with Crippen LogP contribution in [0.1, 0.15) is 19.6 Å². The van der Waals surface area contributed by atoms with Crippen molar-refractivity contribution in [3.63, 3.8) is 0 Å². The molecule has 0 aliphatic rings. The van der Waals surface area contributed by atoms with Crippen molar-refractivity contribution in [1.82, 2.24) is 0 Å². The number of fused-ring (bicyclic) bond motifs is 1. The van der Waals surface area contributed by atoms with Crippen LogP contribution in [0.25, 0.3) is 11.0 Å². The summed E-state index contributed by atoms with van der Waals surface area (Å²) in [7, 11) is 1.33. The Morgan fingerprint density at radius 2 is 2.10 bits per heavy atom. The topological polar surface area (TPSA) is 72.5 Å². The maximum absolute atomic E-state index is 11.6. The van der Waals surface area contributed by atoms with Gasteiger partial charge in [0.05, 0.1) is 17.9 Å². The number of esters is 1. The summed E-state index contributed by atoms with van der Waals surface area (Å²) in [6.45, 7) is 3.53. The average Bonchev–Trinajstić information content (AvgIpc) is 2.82. The van der Waals surface area contributed by atoms with E-state index in [4.69, 9.17) is 19.2 Å². The lowest BCUT2D eigenvalue weighted by molar-refractivity contribution is -0.152. The first-order valence-corrected chi connectivity index (χ1v) is 6.12. The largest absolute Gasteiger partial charge is 0.487 e. The van der Waals surface area contributed by atoms with Crippen LogP contribution in [-0.2, 0) is 9.53 Å². The van der Waals surface area contributed by atoms with Gasteiger partial charge in [-0.3, -0.25) is 4.79 Å². The van der Waals surface area contributed by atoms with Gasteiger partial charge in [0, 0.05) is 0 Å². The van der Waals surface area contributed by atoms with Gasteiger partial charge < -0.3 is 13.9 Å². The van der Waals surface area contributed by atoms with Crippen molar-refractivity contribution in [2.45, 2.75) is 13.8 Å². The summed E-state index contributed by atoms with van der Waals surface area (Å²) in [5.41, 5.74) is -0.227. The van der Waals surface area contributed by atoms with E-state index in [9.17, 15) is 4.79 Å². The molecule has 0 bridgehead atoms. The Bertz CT molecular complexity index is 679. The fraction of sp³-hybridized carbons (Fsp3) is 0.333. The molecule has 20 heavy (non-hydrogen) atoms. The summed E-state index contributed by atoms with van der Waals surface area (Å²) in [5.74, 6) is 0.0933. The van der Waals surface area contributed by atoms with Crippen molar-refractivity contribution in [3.8, 4) is 11.8 Å². The third kappa shape index (κ3) is 2.45. The van der Waals surface area contributed by atoms with Crippen LogP contribution in [-0.4, -0.2) is 19.7 Å². The molecule has 2 aromatic rings. The molecule has 0 saturated heterocycles. The van der Waals surface area contributed by atoms with Gasteiger partial charge in [0.1, 0.15) is 18.3 Å². The zero-order valence-corrected chi connectivity index (χ0v) is 11.6. The monoisotopic (exact) mass is 273 g/mol. The fourth-order valence-electron chi connectivity index (χ4n) is 1.83. The number of nitrogens with zero attached hydrogens (tertiary/aromatic N) is 1. The van der Waals surface area contributed by atoms with Crippen LogP contribution in [0.3, 0.4) is 0 Å². The number of ether oxygens (including phenoxy) is 2. The molecule has 5 heteroatoms. The van der Waals surface area contributed by atoms with E-state index in [2.05, 4.69) is 0 Å². The Labute approximate surface area is 116 Å². The second-order valence-electron chi connectivity index (χ2n) is 5.03. The number of hydrogen-bond acceptors (Lipinski definition) is 5. The third-order valence-corrected chi connectivity index (χ3v) is 2.97. The molecule has 0 radical (unpaired) electrons. The van der Waals surface area contributed by atoms with Gasteiger partial charge in [0.2, 0.25) is 5.76 Å². The van der Waals surface area contributed by atoms with Gasteiger partial charge >= 0.3 is 5.97 Å². The van der Waals surface area contributed by atoms with Gasteiger partial charge in [-0.25, -0.2) is 0 Å². The predicted octanol–water partition coefficient (Wildman–Crippen LogP) is 2.88. The first kappa shape index (κ1) is 13.9. The van der Waals surface area contributed by atoms with Crippen molar-refractivity contribution in [1.29, 1.82) is 5.26 Å². The quantitative estimate of drug-likeness (QED) is 0.801. The normalized spacial score (nSPS) is 11.1. The number of para-hydroxylation sites is 1. The van der Waals surface area contributed by atoms with Crippen molar-refractivity contribution in [3.05, 3.63) is 30.0 Å². The highest BCUT2D eigenvalue weighted by Gasteiger charge is 2.31. The van der Waals surface area contributed by atoms with Gasteiger partial charge in [-0.2, -0.15) is 5.26 Å². The molecule has 1 aromatic heterocycles. The zero-order chi connectivity index (χ0) is 14.8. The minimum absolute atomic E-state index is 0.0951. The lowest BCUT2D eigenvalue weighted by Gasteiger charge is -2.21. The van der Waals surface area contributed by atoms with E-state index in [1.165, 1.54) is 7.11 Å². The number of hydrogen-bond donors (Lipinski definition) is 0. The van der Waals surface area contributed by atoms with E-state index in [1.54, 1.807) is 26.0 Å². The third-order valence-electron chi connectivity index (χ3n) is 2.97. The number of nitriles is 1. The van der Waals surface area contributed by atoms with E-state index in [0.29, 0.717) is 16.7 Å². The number of furan rings is 1. The van der Waals surface area contributed by atoms with Crippen LogP contribution in [0.5, 0.6) is 5.75 Å². The predicted molar refractivity (Wildman–Crippen MR) is 72.2 cm³/mol. The van der Waals surface area contributed by atoms with Gasteiger partial charge in [-0.1, -0.05) is 12.1 Å². The second-order valence-corrected chi connectivity index (χ2v) is 5.03. The van der Waals surface area contributed by atoms with E-state index >= 15 is 0 Å². The first-order chi connectivity index (χ1) is 9.49. The molecule has 1 aromatic carbocycles. The molecule has 0 saturated carbocycles. The maximum Gasteiger partial charge on any atom is 0.314 e. The van der Waals surface area contributed by atoms with Crippen LogP contribution >= 0.6 is 0 Å². The van der Waals surface area contributed by atoms with E-state index in [0.717, 1.165) is 0 Å². The Kier molecular flexibility index (Phi) is 3.66. The number of carbonyl (C=O) groups is 1. The first-order valence-electron chi connectivity index (χ1n) is 6.12. The minimum atomic E-state index is -0.806. The molecule has 0 unspecified atom stereocenters. The lowest BCUT2D eigenvalue weighted by Crippen LogP contribution is -2.32. The Hall–Kier alpha value is -2.48. The Morgan fingerprint density at radius 1 is 1.40 bits per heavy atom. The summed E-state index contributed by atoms with van der Waals surface area (Å²) in [6.07, 6.45) is 0. The number of methoxy groups -OCH3 is 1. The number of benzene rings is 1. The molecular weight excluding hydrogens is 258 g/mol. The van der Waals surface area contributed by atoms with Gasteiger partial charge in [-0.15, -0.1) is 0 Å². The molecule has 0 fully saturated rings. The molecule has 0 N–H and O–H groups in total. The summed E-state index contributed by atoms with van der Waals surface area (Å²) >= 11 is 0. The maximum atomic E-state index is 11.6. The van der Waals surface area contributed by atoms with Crippen molar-refractivity contribution < 1.29 is 18.7 Å². The molecule has 1 heterocycles. The van der Waals surface area contributed by atoms with Crippen LogP contribution in [0.4, 0.5) is 0 Å². The van der Waals surface area contributed by atoms with E-state index in [1.807, 2.05) is 18.2 Å². The fourth-order valence-corrected chi connectivity index (χ4v) is 1.83. The minimum Gasteiger partial charge on any atom is -0.487 e. The SMILES string of the molecule is COC(=O)C(C)(C)COc1c(C#N)oc2ccccc12. The summed E-state index contributed by atoms with van der Waals surface area (Å²) in [4.78, 5) is 11.6. The molecule has 2 rings (SSSR count). The summed E-state index contributed by atoms with van der Waals surface area (Å²) < 4.78 is 15.8. The van der Waals surface area contributed by atoms with Crippen LogP contribution in [0.15, 0.2) is 28.7 Å². The Morgan fingerprint density at radius 3 is 2.75 bits per heavy atom. The summed E-state index contributed by atoms with van der Waals surface area (Å²) in [5, 5.41) is 9.80. The van der Waals surface area contributed by atoms with Gasteiger partial charge in [0.15, 0.2) is 5.75 Å². The summed E-state index contributed by atoms with van der Waals surface area (Å²) in [6, 6.07) is 9.17. The molecule has 0 aliphatic heterocycles. The zero-order valence-electron chi connectivity index (χ0n) is 11.6. The van der Waals surface area contributed by atoms with Crippen LogP contribution in [0, 0.1) is 16.7 Å². The Balaban J connectivity index is 2.30. The smallest absolute Gasteiger partial charge is 0.314 e.